The van der Waals surface area contributed by atoms with E-state index in [-0.39, 0.29) is 5.91 Å². The topological polar surface area (TPSA) is 42.0 Å². The largest absolute Gasteiger partial charge is 0.326 e. The Balaban J connectivity index is 1.63. The summed E-state index contributed by atoms with van der Waals surface area (Å²) < 4.78 is 0. The summed E-state index contributed by atoms with van der Waals surface area (Å²) in [4.78, 5) is 17.8. The number of aryl methyl sites for hydroxylation is 2. The zero-order chi connectivity index (χ0) is 15.4. The van der Waals surface area contributed by atoms with Gasteiger partial charge in [-0.1, -0.05) is 18.2 Å². The van der Waals surface area contributed by atoms with Gasteiger partial charge < -0.3 is 5.32 Å². The van der Waals surface area contributed by atoms with Gasteiger partial charge in [-0.3, -0.25) is 4.79 Å². The molecule has 3 rings (SSSR count). The first-order chi connectivity index (χ1) is 10.7. The summed E-state index contributed by atoms with van der Waals surface area (Å²) in [5, 5.41) is 8.07. The van der Waals surface area contributed by atoms with Crippen LogP contribution in [0, 0.1) is 6.92 Å². The highest BCUT2D eigenvalue weighted by molar-refractivity contribution is 7.10. The van der Waals surface area contributed by atoms with Crippen molar-refractivity contribution >= 4 is 34.3 Å². The summed E-state index contributed by atoms with van der Waals surface area (Å²) in [6.45, 7) is 1.99. The zero-order valence-electron chi connectivity index (χ0n) is 12.2. The lowest BCUT2D eigenvalue weighted by Gasteiger charge is -2.06. The monoisotopic (exact) mass is 328 g/mol. The Bertz CT molecular complexity index is 763. The van der Waals surface area contributed by atoms with Crippen LogP contribution >= 0.6 is 22.7 Å². The van der Waals surface area contributed by atoms with Crippen LogP contribution in [0.1, 0.15) is 16.3 Å². The molecule has 1 aromatic carbocycles. The van der Waals surface area contributed by atoms with Crippen molar-refractivity contribution in [2.75, 3.05) is 5.32 Å². The fourth-order valence-corrected chi connectivity index (χ4v) is 3.50. The number of aromatic nitrogens is 1. The number of rotatable bonds is 5. The molecule has 5 heteroatoms. The molecule has 2 heterocycles. The number of thiophene rings is 1. The van der Waals surface area contributed by atoms with Crippen LogP contribution in [0.15, 0.2) is 47.2 Å². The van der Waals surface area contributed by atoms with Crippen molar-refractivity contribution in [3.63, 3.8) is 0 Å². The Morgan fingerprint density at radius 3 is 2.86 bits per heavy atom. The van der Waals surface area contributed by atoms with Gasteiger partial charge in [0.05, 0.1) is 10.7 Å². The van der Waals surface area contributed by atoms with Gasteiger partial charge >= 0.3 is 0 Å². The van der Waals surface area contributed by atoms with Gasteiger partial charge in [-0.15, -0.1) is 22.7 Å². The van der Waals surface area contributed by atoms with Crippen molar-refractivity contribution in [2.45, 2.75) is 19.8 Å². The van der Waals surface area contributed by atoms with Crippen LogP contribution in [-0.4, -0.2) is 10.9 Å². The number of hydrogen-bond donors (Lipinski definition) is 1. The molecule has 0 aliphatic heterocycles. The number of amides is 1. The molecule has 0 saturated heterocycles. The molecule has 112 valence electrons. The molecule has 0 fully saturated rings. The van der Waals surface area contributed by atoms with Crippen molar-refractivity contribution in [3.05, 3.63) is 57.0 Å². The highest BCUT2D eigenvalue weighted by Crippen LogP contribution is 2.24. The number of benzene rings is 1. The molecule has 2 aromatic heterocycles. The molecule has 1 amide bonds. The average Bonchev–Trinajstić information content (AvgIpc) is 3.17. The van der Waals surface area contributed by atoms with Crippen LogP contribution in [-0.2, 0) is 11.2 Å². The van der Waals surface area contributed by atoms with E-state index in [1.807, 2.05) is 48.0 Å². The normalized spacial score (nSPS) is 10.6. The fraction of sp³-hybridized carbons (Fsp3) is 0.176. The molecular formula is C17H16N2OS2. The summed E-state index contributed by atoms with van der Waals surface area (Å²) in [7, 11) is 0. The van der Waals surface area contributed by atoms with Gasteiger partial charge in [-0.05, 0) is 36.9 Å². The first kappa shape index (κ1) is 14.9. The third kappa shape index (κ3) is 3.81. The van der Waals surface area contributed by atoms with E-state index >= 15 is 0 Å². The highest BCUT2D eigenvalue weighted by atomic mass is 32.1. The third-order valence-electron chi connectivity index (χ3n) is 3.24. The maximum absolute atomic E-state index is 12.0. The Morgan fingerprint density at radius 2 is 2.14 bits per heavy atom. The quantitative estimate of drug-likeness (QED) is 0.734. The molecule has 0 aliphatic carbocycles. The van der Waals surface area contributed by atoms with Crippen molar-refractivity contribution in [3.8, 4) is 11.3 Å². The average molecular weight is 328 g/mol. The Morgan fingerprint density at radius 1 is 1.23 bits per heavy atom. The third-order valence-corrected chi connectivity index (χ3v) is 4.95. The summed E-state index contributed by atoms with van der Waals surface area (Å²) in [6.07, 6.45) is 1.29. The Labute approximate surface area is 137 Å². The second kappa shape index (κ2) is 6.85. The van der Waals surface area contributed by atoms with E-state index in [0.717, 1.165) is 28.4 Å². The molecule has 3 nitrogen and oxygen atoms in total. The van der Waals surface area contributed by atoms with Crippen LogP contribution in [0.3, 0.4) is 0 Å². The predicted molar refractivity (Wildman–Crippen MR) is 93.6 cm³/mol. The van der Waals surface area contributed by atoms with Crippen LogP contribution in [0.25, 0.3) is 11.3 Å². The van der Waals surface area contributed by atoms with Gasteiger partial charge in [-0.25, -0.2) is 4.98 Å². The minimum Gasteiger partial charge on any atom is -0.326 e. The number of hydrogen-bond acceptors (Lipinski definition) is 4. The molecule has 0 unspecified atom stereocenters. The van der Waals surface area contributed by atoms with E-state index in [0.29, 0.717) is 6.42 Å². The number of carbonyl (C=O) groups excluding carboxylic acids is 1. The maximum Gasteiger partial charge on any atom is 0.224 e. The van der Waals surface area contributed by atoms with Crippen LogP contribution < -0.4 is 5.32 Å². The van der Waals surface area contributed by atoms with Gasteiger partial charge in [0.25, 0.3) is 0 Å². The first-order valence-corrected chi connectivity index (χ1v) is 8.81. The summed E-state index contributed by atoms with van der Waals surface area (Å²) in [5.41, 5.74) is 2.80. The minimum absolute atomic E-state index is 0.0417. The van der Waals surface area contributed by atoms with Crippen LogP contribution in [0.5, 0.6) is 0 Å². The molecule has 0 atom stereocenters. The Kier molecular flexibility index (Phi) is 4.65. The smallest absolute Gasteiger partial charge is 0.224 e. The lowest BCUT2D eigenvalue weighted by molar-refractivity contribution is -0.116. The van der Waals surface area contributed by atoms with E-state index in [1.165, 1.54) is 4.88 Å². The summed E-state index contributed by atoms with van der Waals surface area (Å²) >= 11 is 3.31. The van der Waals surface area contributed by atoms with Crippen molar-refractivity contribution in [1.29, 1.82) is 0 Å². The molecule has 0 bridgehead atoms. The lowest BCUT2D eigenvalue weighted by atomic mass is 10.1. The Hall–Kier alpha value is -1.98. The van der Waals surface area contributed by atoms with Crippen LogP contribution in [0.2, 0.25) is 0 Å². The van der Waals surface area contributed by atoms with Gasteiger partial charge in [0.15, 0.2) is 0 Å². The molecule has 0 saturated carbocycles. The number of carbonyl (C=O) groups is 1. The van der Waals surface area contributed by atoms with Gasteiger partial charge in [0.2, 0.25) is 5.91 Å². The number of anilines is 1. The van der Waals surface area contributed by atoms with Crippen molar-refractivity contribution in [1.82, 2.24) is 4.98 Å². The van der Waals surface area contributed by atoms with Crippen LogP contribution in [0.4, 0.5) is 5.69 Å². The fourth-order valence-electron chi connectivity index (χ4n) is 2.17. The van der Waals surface area contributed by atoms with E-state index in [1.54, 1.807) is 22.7 Å². The molecule has 0 aliphatic rings. The lowest BCUT2D eigenvalue weighted by Crippen LogP contribution is -2.12. The molecule has 1 N–H and O–H groups in total. The molecule has 0 spiro atoms. The number of nitrogens with one attached hydrogen (secondary N) is 1. The number of thiazole rings is 1. The predicted octanol–water partition coefficient (Wildman–Crippen LogP) is 4.75. The van der Waals surface area contributed by atoms with Crippen molar-refractivity contribution in [2.24, 2.45) is 0 Å². The first-order valence-electron chi connectivity index (χ1n) is 7.05. The zero-order valence-corrected chi connectivity index (χ0v) is 13.8. The maximum atomic E-state index is 12.0. The SMILES string of the molecule is Cc1nc(-c2cccc(NC(=O)CCc3cccs3)c2)cs1. The highest BCUT2D eigenvalue weighted by Gasteiger charge is 2.06. The van der Waals surface area contributed by atoms with E-state index in [2.05, 4.69) is 16.4 Å². The standard InChI is InChI=1S/C17H16N2OS2/c1-12-18-16(11-22-12)13-4-2-5-14(10-13)19-17(20)8-7-15-6-3-9-21-15/h2-6,9-11H,7-8H2,1H3,(H,19,20). The summed E-state index contributed by atoms with van der Waals surface area (Å²) in [6, 6.07) is 11.9. The second-order valence-corrected chi connectivity index (χ2v) is 7.05. The van der Waals surface area contributed by atoms with Gasteiger partial charge in [-0.2, -0.15) is 0 Å². The van der Waals surface area contributed by atoms with E-state index in [4.69, 9.17) is 0 Å². The molecule has 22 heavy (non-hydrogen) atoms. The van der Waals surface area contributed by atoms with E-state index in [9.17, 15) is 4.79 Å². The second-order valence-electron chi connectivity index (χ2n) is 4.96. The van der Waals surface area contributed by atoms with E-state index < -0.39 is 0 Å². The number of nitrogens with zero attached hydrogens (tertiary/aromatic N) is 1. The molecule has 0 radical (unpaired) electrons. The van der Waals surface area contributed by atoms with Gasteiger partial charge in [0, 0.05) is 27.9 Å². The molecule has 3 aromatic rings. The van der Waals surface area contributed by atoms with Gasteiger partial charge in [0.1, 0.15) is 0 Å². The summed E-state index contributed by atoms with van der Waals surface area (Å²) in [5.74, 6) is 0.0417. The van der Waals surface area contributed by atoms with Crippen molar-refractivity contribution < 1.29 is 4.79 Å². The molecular weight excluding hydrogens is 312 g/mol. The minimum atomic E-state index is 0.0417.